The summed E-state index contributed by atoms with van der Waals surface area (Å²) in [5, 5.41) is 3.99. The average molecular weight is 661 g/mol. The van der Waals surface area contributed by atoms with Crippen LogP contribution < -0.4 is 19.6 Å². The van der Waals surface area contributed by atoms with Crippen LogP contribution in [-0.2, 0) is 14.3 Å². The second kappa shape index (κ2) is 20.3. The molecule has 0 aliphatic heterocycles. The van der Waals surface area contributed by atoms with E-state index in [1.165, 1.54) is 6.20 Å². The van der Waals surface area contributed by atoms with Crippen LogP contribution >= 0.6 is 0 Å². The maximum absolute atomic E-state index is 13.4. The molecule has 1 heterocycles. The molecule has 2 aromatic carbocycles. The molecule has 11 nitrogen and oxygen atoms in total. The van der Waals surface area contributed by atoms with Crippen molar-refractivity contribution in [1.29, 1.82) is 0 Å². The van der Waals surface area contributed by atoms with E-state index in [0.29, 0.717) is 30.3 Å². The molecule has 0 spiro atoms. The van der Waals surface area contributed by atoms with Gasteiger partial charge in [0.15, 0.2) is 0 Å². The van der Waals surface area contributed by atoms with Crippen molar-refractivity contribution in [1.82, 2.24) is 15.3 Å². The number of hydrogen-bond donors (Lipinski definition) is 1. The third-order valence-corrected chi connectivity index (χ3v) is 7.20. The molecule has 0 fully saturated rings. The van der Waals surface area contributed by atoms with Gasteiger partial charge in [-0.15, -0.1) is 0 Å². The number of aromatic nitrogens is 1. The summed E-state index contributed by atoms with van der Waals surface area (Å²) in [6.07, 6.45) is 7.26. The minimum absolute atomic E-state index is 0.00973. The lowest BCUT2D eigenvalue weighted by Gasteiger charge is -2.33. The summed E-state index contributed by atoms with van der Waals surface area (Å²) < 4.78 is 22.9. The van der Waals surface area contributed by atoms with Crippen molar-refractivity contribution in [3.8, 4) is 17.2 Å². The van der Waals surface area contributed by atoms with Gasteiger partial charge in [0.1, 0.15) is 23.9 Å². The Bertz CT molecular complexity index is 1440. The predicted octanol–water partition coefficient (Wildman–Crippen LogP) is 6.07. The molecular formula is C37H48N4O7. The van der Waals surface area contributed by atoms with E-state index < -0.39 is 11.9 Å². The topological polar surface area (TPSA) is 129 Å². The summed E-state index contributed by atoms with van der Waals surface area (Å²) in [6.45, 7) is 11.0. The monoisotopic (exact) mass is 660 g/mol. The van der Waals surface area contributed by atoms with Crippen molar-refractivity contribution in [2.45, 2.75) is 72.4 Å². The number of amides is 2. The average Bonchev–Trinajstić information content (AvgIpc) is 3.07. The second-order valence-electron chi connectivity index (χ2n) is 11.7. The molecule has 11 heteroatoms. The first-order valence-electron chi connectivity index (χ1n) is 16.5. The molecule has 0 radical (unpaired) electrons. The zero-order chi connectivity index (χ0) is 34.7. The Morgan fingerprint density at radius 1 is 0.854 bits per heavy atom. The Hall–Kier alpha value is -4.93. The SMILES string of the molecule is CCOC(=O)CC(COc1cccc(OCCCCCOc2ccc(C=NNC(=O)c3cccnc3)cc2)c1)C(=O)N(C(C)C)C(C)C. The van der Waals surface area contributed by atoms with E-state index in [2.05, 4.69) is 15.5 Å². The molecule has 0 saturated heterocycles. The van der Waals surface area contributed by atoms with E-state index in [-0.39, 0.29) is 43.5 Å². The molecule has 48 heavy (non-hydrogen) atoms. The highest BCUT2D eigenvalue weighted by molar-refractivity contribution is 5.94. The number of nitrogens with one attached hydrogen (secondary N) is 1. The van der Waals surface area contributed by atoms with E-state index in [1.807, 2.05) is 64.1 Å². The van der Waals surface area contributed by atoms with Crippen LogP contribution in [-0.4, -0.2) is 72.4 Å². The fraction of sp³-hybridized carbons (Fsp3) is 0.432. The van der Waals surface area contributed by atoms with Gasteiger partial charge in [0, 0.05) is 30.5 Å². The number of ether oxygens (including phenoxy) is 4. The van der Waals surface area contributed by atoms with Gasteiger partial charge in [-0.3, -0.25) is 19.4 Å². The highest BCUT2D eigenvalue weighted by atomic mass is 16.5. The number of nitrogens with zero attached hydrogens (tertiary/aromatic N) is 3. The van der Waals surface area contributed by atoms with Gasteiger partial charge >= 0.3 is 5.97 Å². The Morgan fingerprint density at radius 2 is 1.52 bits per heavy atom. The van der Waals surface area contributed by atoms with Crippen LogP contribution in [0.3, 0.4) is 0 Å². The normalized spacial score (nSPS) is 11.7. The van der Waals surface area contributed by atoms with E-state index in [4.69, 9.17) is 18.9 Å². The summed E-state index contributed by atoms with van der Waals surface area (Å²) in [5.74, 6) is 0.457. The number of rotatable bonds is 20. The number of hydrogen-bond acceptors (Lipinski definition) is 9. The molecule has 0 aliphatic rings. The predicted molar refractivity (Wildman–Crippen MR) is 184 cm³/mol. The van der Waals surface area contributed by atoms with Crippen molar-refractivity contribution < 1.29 is 33.3 Å². The summed E-state index contributed by atoms with van der Waals surface area (Å²) in [6, 6.07) is 18.1. The first kappa shape index (κ1) is 37.5. The van der Waals surface area contributed by atoms with Crippen molar-refractivity contribution in [2.75, 3.05) is 26.4 Å². The van der Waals surface area contributed by atoms with Gasteiger partial charge in [0.25, 0.3) is 5.91 Å². The Morgan fingerprint density at radius 3 is 2.15 bits per heavy atom. The summed E-state index contributed by atoms with van der Waals surface area (Å²) in [5.41, 5.74) is 3.75. The molecule has 2 amide bonds. The zero-order valence-corrected chi connectivity index (χ0v) is 28.6. The third kappa shape index (κ3) is 13.1. The van der Waals surface area contributed by atoms with Gasteiger partial charge in [-0.2, -0.15) is 5.10 Å². The number of carbonyl (C=O) groups is 3. The standard InChI is InChI=1S/C37H48N4O7/c1-6-45-35(42)22-31(37(44)41(27(2)3)28(4)5)26-48-34-14-10-13-33(23-34)47-21-9-7-8-20-46-32-17-15-29(16-18-32)24-39-40-36(43)30-12-11-19-38-25-30/h10-19,23-25,27-28,31H,6-9,20-22,26H2,1-5H3,(H,40,43). The molecule has 3 aromatic rings. The van der Waals surface area contributed by atoms with Crippen molar-refractivity contribution in [2.24, 2.45) is 11.0 Å². The van der Waals surface area contributed by atoms with Gasteiger partial charge in [-0.1, -0.05) is 6.07 Å². The van der Waals surface area contributed by atoms with E-state index in [9.17, 15) is 14.4 Å². The maximum Gasteiger partial charge on any atom is 0.306 e. The Kier molecular flexibility index (Phi) is 15.9. The van der Waals surface area contributed by atoms with E-state index >= 15 is 0 Å². The van der Waals surface area contributed by atoms with Crippen LogP contribution in [0.15, 0.2) is 78.2 Å². The van der Waals surface area contributed by atoms with Crippen molar-refractivity contribution >= 4 is 24.0 Å². The number of esters is 1. The molecule has 1 unspecified atom stereocenters. The highest BCUT2D eigenvalue weighted by Crippen LogP contribution is 2.22. The van der Waals surface area contributed by atoms with Crippen LogP contribution in [0.4, 0.5) is 0 Å². The minimum atomic E-state index is -0.662. The molecule has 0 bridgehead atoms. The van der Waals surface area contributed by atoms with Crippen LogP contribution in [0, 0.1) is 5.92 Å². The lowest BCUT2D eigenvalue weighted by atomic mass is 10.0. The van der Waals surface area contributed by atoms with E-state index in [0.717, 1.165) is 30.6 Å². The van der Waals surface area contributed by atoms with Crippen molar-refractivity contribution in [3.05, 3.63) is 84.2 Å². The summed E-state index contributed by atoms with van der Waals surface area (Å²) >= 11 is 0. The summed E-state index contributed by atoms with van der Waals surface area (Å²) in [7, 11) is 0. The van der Waals surface area contributed by atoms with Gasteiger partial charge in [0.05, 0.1) is 43.9 Å². The first-order chi connectivity index (χ1) is 23.2. The largest absolute Gasteiger partial charge is 0.494 e. The minimum Gasteiger partial charge on any atom is -0.494 e. The summed E-state index contributed by atoms with van der Waals surface area (Å²) in [4.78, 5) is 43.4. The molecule has 0 aliphatic carbocycles. The second-order valence-corrected chi connectivity index (χ2v) is 11.7. The van der Waals surface area contributed by atoms with Crippen LogP contribution in [0.2, 0.25) is 0 Å². The van der Waals surface area contributed by atoms with E-state index in [1.54, 1.807) is 48.5 Å². The Balaban J connectivity index is 1.36. The maximum atomic E-state index is 13.4. The lowest BCUT2D eigenvalue weighted by Crippen LogP contribution is -2.47. The lowest BCUT2D eigenvalue weighted by molar-refractivity contribution is -0.150. The molecule has 3 rings (SSSR count). The molecule has 1 atom stereocenters. The van der Waals surface area contributed by atoms with Crippen LogP contribution in [0.25, 0.3) is 0 Å². The molecule has 1 N–H and O–H groups in total. The smallest absolute Gasteiger partial charge is 0.306 e. The third-order valence-electron chi connectivity index (χ3n) is 7.20. The van der Waals surface area contributed by atoms with Gasteiger partial charge in [-0.25, -0.2) is 5.43 Å². The van der Waals surface area contributed by atoms with Gasteiger partial charge in [0.2, 0.25) is 5.91 Å². The van der Waals surface area contributed by atoms with Crippen molar-refractivity contribution in [3.63, 3.8) is 0 Å². The molecule has 258 valence electrons. The first-order valence-corrected chi connectivity index (χ1v) is 16.5. The van der Waals surface area contributed by atoms with Crippen LogP contribution in [0.1, 0.15) is 76.2 Å². The molecule has 0 saturated carbocycles. The van der Waals surface area contributed by atoms with Crippen LogP contribution in [0.5, 0.6) is 17.2 Å². The van der Waals surface area contributed by atoms with Gasteiger partial charge < -0.3 is 23.8 Å². The number of carbonyl (C=O) groups excluding carboxylic acids is 3. The molecule has 1 aromatic heterocycles. The fourth-order valence-electron chi connectivity index (χ4n) is 4.94. The number of pyridine rings is 1. The quantitative estimate of drug-likeness (QED) is 0.0670. The fourth-order valence-corrected chi connectivity index (χ4v) is 4.94. The number of hydrazone groups is 1. The molecular weight excluding hydrogens is 612 g/mol. The highest BCUT2D eigenvalue weighted by Gasteiger charge is 2.31. The zero-order valence-electron chi connectivity index (χ0n) is 28.6. The number of benzene rings is 2. The van der Waals surface area contributed by atoms with Gasteiger partial charge in [-0.05, 0) is 108 Å². The number of unbranched alkanes of at least 4 members (excludes halogenated alkanes) is 2. The Labute approximate surface area is 283 Å².